The first kappa shape index (κ1) is 17.1. The van der Waals surface area contributed by atoms with E-state index in [0.717, 1.165) is 0 Å². The SMILES string of the molecule is CC(CCOc1cccc(Cl)c1)C1(C(=O)O)CO1.[CaH2]. The Kier molecular flexibility index (Phi) is 6.40. The van der Waals surface area contributed by atoms with Crippen LogP contribution in [0.15, 0.2) is 24.3 Å². The van der Waals surface area contributed by atoms with E-state index < -0.39 is 11.6 Å². The van der Waals surface area contributed by atoms with Gasteiger partial charge >= 0.3 is 43.7 Å². The Bertz CT molecular complexity index is 448. The Hall–Kier alpha value is -0.000260. The Morgan fingerprint density at radius 2 is 2.32 bits per heavy atom. The molecule has 0 saturated carbocycles. The van der Waals surface area contributed by atoms with Crippen molar-refractivity contribution in [3.05, 3.63) is 29.3 Å². The van der Waals surface area contributed by atoms with Crippen LogP contribution in [-0.4, -0.2) is 67.6 Å². The molecular weight excluding hydrogens is 296 g/mol. The molecule has 0 spiro atoms. The normalized spacial score (nSPS) is 22.2. The number of halogens is 1. The van der Waals surface area contributed by atoms with Gasteiger partial charge < -0.3 is 14.6 Å². The number of benzene rings is 1. The van der Waals surface area contributed by atoms with Gasteiger partial charge in [0.1, 0.15) is 5.75 Å². The number of ether oxygens (including phenoxy) is 2. The van der Waals surface area contributed by atoms with Crippen LogP contribution in [0, 0.1) is 5.92 Å². The van der Waals surface area contributed by atoms with E-state index in [9.17, 15) is 4.79 Å². The number of carboxylic acids is 1. The standard InChI is InChI=1S/C13H15ClO4.Ca.2H/c1-9(13(8-18-13)12(15)16)5-6-17-11-4-2-3-10(14)7-11;;;/h2-4,7,9H,5-6,8H2,1H3,(H,15,16);;;. The van der Waals surface area contributed by atoms with Gasteiger partial charge in [0.15, 0.2) is 5.60 Å². The maximum atomic E-state index is 11.0. The number of hydrogen-bond acceptors (Lipinski definition) is 3. The van der Waals surface area contributed by atoms with Gasteiger partial charge in [0.2, 0.25) is 0 Å². The summed E-state index contributed by atoms with van der Waals surface area (Å²) in [5.41, 5.74) is -0.988. The van der Waals surface area contributed by atoms with Crippen molar-refractivity contribution >= 4 is 55.3 Å². The summed E-state index contributed by atoms with van der Waals surface area (Å²) in [5.74, 6) is -0.275. The summed E-state index contributed by atoms with van der Waals surface area (Å²) in [6, 6.07) is 7.13. The van der Waals surface area contributed by atoms with Gasteiger partial charge in [-0.1, -0.05) is 24.6 Å². The van der Waals surface area contributed by atoms with Crippen LogP contribution < -0.4 is 4.74 Å². The Morgan fingerprint density at radius 1 is 1.63 bits per heavy atom. The third kappa shape index (κ3) is 4.23. The van der Waals surface area contributed by atoms with Gasteiger partial charge in [-0.15, -0.1) is 0 Å². The number of rotatable bonds is 6. The number of carboxylic acid groups (broad SMARTS) is 1. The molecule has 0 aromatic heterocycles. The van der Waals surface area contributed by atoms with Crippen LogP contribution in [0.1, 0.15) is 13.3 Å². The van der Waals surface area contributed by atoms with Gasteiger partial charge in [0.25, 0.3) is 0 Å². The molecular formula is C13H17CaClO4. The zero-order valence-electron chi connectivity index (χ0n) is 10.1. The summed E-state index contributed by atoms with van der Waals surface area (Å²) in [6.45, 7) is 2.60. The molecule has 0 bridgehead atoms. The summed E-state index contributed by atoms with van der Waals surface area (Å²) in [5, 5.41) is 9.66. The van der Waals surface area contributed by atoms with Crippen LogP contribution >= 0.6 is 11.6 Å². The predicted molar refractivity (Wildman–Crippen MR) is 75.6 cm³/mol. The maximum absolute atomic E-state index is 11.0. The molecule has 1 fully saturated rings. The molecule has 1 aromatic rings. The summed E-state index contributed by atoms with van der Waals surface area (Å²) in [6.07, 6.45) is 0.624. The minimum absolute atomic E-state index is 0. The first-order valence-corrected chi connectivity index (χ1v) is 6.18. The average Bonchev–Trinajstić information content (AvgIpc) is 3.10. The van der Waals surface area contributed by atoms with E-state index in [0.29, 0.717) is 30.4 Å². The fraction of sp³-hybridized carbons (Fsp3) is 0.462. The van der Waals surface area contributed by atoms with Crippen molar-refractivity contribution in [3.63, 3.8) is 0 Å². The van der Waals surface area contributed by atoms with E-state index >= 15 is 0 Å². The fourth-order valence-electron chi connectivity index (χ4n) is 1.84. The monoisotopic (exact) mass is 312 g/mol. The molecule has 1 saturated heterocycles. The molecule has 1 heterocycles. The number of epoxide rings is 1. The van der Waals surface area contributed by atoms with Crippen LogP contribution in [0.25, 0.3) is 0 Å². The van der Waals surface area contributed by atoms with Crippen molar-refractivity contribution in [1.29, 1.82) is 0 Å². The van der Waals surface area contributed by atoms with Crippen LogP contribution in [0.2, 0.25) is 5.02 Å². The van der Waals surface area contributed by atoms with E-state index in [1.165, 1.54) is 0 Å². The summed E-state index contributed by atoms with van der Waals surface area (Å²) in [4.78, 5) is 11.0. The molecule has 1 aliphatic rings. The van der Waals surface area contributed by atoms with E-state index in [4.69, 9.17) is 26.2 Å². The second-order valence-corrected chi connectivity index (χ2v) is 4.92. The summed E-state index contributed by atoms with van der Waals surface area (Å²) >= 11 is 5.83. The van der Waals surface area contributed by atoms with Crippen LogP contribution in [0.3, 0.4) is 0 Å². The number of carbonyl (C=O) groups is 1. The molecule has 102 valence electrons. The number of aliphatic carboxylic acids is 1. The van der Waals surface area contributed by atoms with Gasteiger partial charge in [-0.25, -0.2) is 4.79 Å². The Morgan fingerprint density at radius 3 is 2.84 bits per heavy atom. The van der Waals surface area contributed by atoms with E-state index in [-0.39, 0.29) is 43.7 Å². The van der Waals surface area contributed by atoms with Crippen molar-refractivity contribution in [2.75, 3.05) is 13.2 Å². The molecule has 2 rings (SSSR count). The van der Waals surface area contributed by atoms with Gasteiger partial charge in [-0.05, 0) is 24.6 Å². The first-order valence-electron chi connectivity index (χ1n) is 5.80. The van der Waals surface area contributed by atoms with Crippen molar-refractivity contribution in [2.45, 2.75) is 18.9 Å². The van der Waals surface area contributed by atoms with Gasteiger partial charge in [-0.2, -0.15) is 0 Å². The van der Waals surface area contributed by atoms with Gasteiger partial charge in [-0.3, -0.25) is 0 Å². The van der Waals surface area contributed by atoms with Gasteiger partial charge in [0.05, 0.1) is 13.2 Å². The van der Waals surface area contributed by atoms with Crippen molar-refractivity contribution < 1.29 is 19.4 Å². The van der Waals surface area contributed by atoms with E-state index in [1.807, 2.05) is 19.1 Å². The first-order chi connectivity index (χ1) is 8.54. The van der Waals surface area contributed by atoms with Crippen LogP contribution in [0.4, 0.5) is 0 Å². The van der Waals surface area contributed by atoms with Gasteiger partial charge in [0, 0.05) is 10.9 Å². The third-order valence-electron chi connectivity index (χ3n) is 3.23. The quantitative estimate of drug-likeness (QED) is 0.641. The second-order valence-electron chi connectivity index (χ2n) is 4.48. The molecule has 2 atom stereocenters. The Balaban J connectivity index is 0.00000180. The zero-order valence-corrected chi connectivity index (χ0v) is 10.8. The predicted octanol–water partition coefficient (Wildman–Crippen LogP) is 1.68. The molecule has 2 unspecified atom stereocenters. The second kappa shape index (κ2) is 7.14. The molecule has 4 nitrogen and oxygen atoms in total. The van der Waals surface area contributed by atoms with E-state index in [2.05, 4.69) is 0 Å². The minimum atomic E-state index is -0.988. The molecule has 1 aliphatic heterocycles. The fourth-order valence-corrected chi connectivity index (χ4v) is 2.02. The molecule has 1 N–H and O–H groups in total. The molecule has 0 radical (unpaired) electrons. The van der Waals surface area contributed by atoms with Crippen molar-refractivity contribution in [2.24, 2.45) is 5.92 Å². The zero-order chi connectivity index (χ0) is 13.2. The van der Waals surface area contributed by atoms with Crippen LogP contribution in [0.5, 0.6) is 5.75 Å². The summed E-state index contributed by atoms with van der Waals surface area (Å²) in [7, 11) is 0. The average molecular weight is 313 g/mol. The molecule has 0 aliphatic carbocycles. The summed E-state index contributed by atoms with van der Waals surface area (Å²) < 4.78 is 10.6. The molecule has 0 amide bonds. The third-order valence-corrected chi connectivity index (χ3v) is 3.46. The van der Waals surface area contributed by atoms with Crippen LogP contribution in [-0.2, 0) is 9.53 Å². The Labute approximate surface area is 147 Å². The number of hydrogen-bond donors (Lipinski definition) is 1. The van der Waals surface area contributed by atoms with Crippen molar-refractivity contribution in [3.8, 4) is 5.75 Å². The topological polar surface area (TPSA) is 59.1 Å². The molecule has 6 heteroatoms. The molecule has 19 heavy (non-hydrogen) atoms. The van der Waals surface area contributed by atoms with E-state index in [1.54, 1.807) is 12.1 Å². The van der Waals surface area contributed by atoms with Crippen molar-refractivity contribution in [1.82, 2.24) is 0 Å². The molecule has 1 aromatic carbocycles.